The molecule has 0 amide bonds. The lowest BCUT2D eigenvalue weighted by molar-refractivity contribution is -0.0885. The Morgan fingerprint density at radius 1 is 0.651 bits per heavy atom. The molecule has 2 heterocycles. The largest absolute Gasteiger partial charge is 0.454 e. The molecule has 0 saturated carbocycles. The van der Waals surface area contributed by atoms with E-state index >= 15 is 0 Å². The Hall–Kier alpha value is -4.61. The average molecular weight is 615 g/mol. The second kappa shape index (κ2) is 9.19. The van der Waals surface area contributed by atoms with Gasteiger partial charge < -0.3 is 0 Å². The van der Waals surface area contributed by atoms with Gasteiger partial charge in [-0.05, 0) is 31.9 Å². The van der Waals surface area contributed by atoms with Crippen LogP contribution < -0.4 is 10.9 Å². The molecular formula is C32H17F3N2O4S2. The van der Waals surface area contributed by atoms with Gasteiger partial charge in [0.05, 0.1) is 9.40 Å². The monoisotopic (exact) mass is 614 g/mol. The van der Waals surface area contributed by atoms with Crippen molar-refractivity contribution in [1.29, 1.82) is 0 Å². The maximum atomic E-state index is 13.7. The van der Waals surface area contributed by atoms with Gasteiger partial charge >= 0.3 is 6.18 Å². The van der Waals surface area contributed by atoms with Gasteiger partial charge in [-0.15, -0.1) is 22.7 Å². The number of fused-ring (bicyclic) bond motifs is 6. The number of halogens is 3. The third-order valence-corrected chi connectivity index (χ3v) is 10.0. The standard InChI is InChI=1S/C32H17F3N2O4S2/c1-12-20-22(28-24(26(20)40)37-31(43-28)18-10-6-16(7-11-18)29(41)32(33,34)35)13(2)19-21(12)27-23(25(19)39)36-30(42-27)17-8-4-15(5-9-17)14(3)38/h4-11H,1-3H3. The SMILES string of the molecule is CC(=O)c1ccc(-c2nc3c(=O)c4c(C)c5c(c(C)c4c3s2)c(=O)c2nc(-c3ccc(C(=O)C(F)(F)F)cc3)sc25)cc1. The summed E-state index contributed by atoms with van der Waals surface area (Å²) in [5.41, 5.74) is 2.68. The Morgan fingerprint density at radius 2 is 1.05 bits per heavy atom. The number of carbonyl (C=O) groups excluding carboxylic acids is 2. The zero-order valence-electron chi connectivity index (χ0n) is 22.6. The Labute approximate surface area is 247 Å². The topological polar surface area (TPSA) is 94.1 Å². The fourth-order valence-corrected chi connectivity index (χ4v) is 8.03. The Kier molecular flexibility index (Phi) is 5.82. The second-order valence-corrected chi connectivity index (χ2v) is 12.3. The first-order valence-corrected chi connectivity index (χ1v) is 14.6. The Morgan fingerprint density at radius 3 is 1.42 bits per heavy atom. The van der Waals surface area contributed by atoms with Crippen molar-refractivity contribution in [2.75, 3.05) is 0 Å². The number of nitrogens with zero attached hydrogens (tertiary/aromatic N) is 2. The third kappa shape index (κ3) is 3.91. The lowest BCUT2D eigenvalue weighted by Gasteiger charge is -2.06. The number of Topliss-reactive ketones (excluding diaryl/α,β-unsaturated/α-hetero) is 2. The van der Waals surface area contributed by atoms with Gasteiger partial charge in [0.1, 0.15) is 21.0 Å². The highest BCUT2D eigenvalue weighted by Gasteiger charge is 2.39. The molecule has 0 atom stereocenters. The Balaban J connectivity index is 1.39. The molecule has 11 heteroatoms. The zero-order chi connectivity index (χ0) is 30.5. The molecule has 6 nitrogen and oxygen atoms in total. The van der Waals surface area contributed by atoms with Crippen LogP contribution in [0.5, 0.6) is 0 Å². The smallest absolute Gasteiger partial charge is 0.295 e. The lowest BCUT2D eigenvalue weighted by atomic mass is 9.99. The van der Waals surface area contributed by atoms with Crippen LogP contribution in [0, 0.1) is 13.8 Å². The van der Waals surface area contributed by atoms with E-state index in [1.54, 1.807) is 31.2 Å². The van der Waals surface area contributed by atoms with Crippen LogP contribution in [0.4, 0.5) is 13.2 Å². The highest BCUT2D eigenvalue weighted by molar-refractivity contribution is 7.23. The van der Waals surface area contributed by atoms with Crippen LogP contribution in [0.25, 0.3) is 63.1 Å². The van der Waals surface area contributed by atoms with Crippen molar-refractivity contribution in [2.24, 2.45) is 0 Å². The van der Waals surface area contributed by atoms with E-state index in [4.69, 9.17) is 0 Å². The molecule has 7 rings (SSSR count). The summed E-state index contributed by atoms with van der Waals surface area (Å²) in [5.74, 6) is -1.98. The fourth-order valence-electron chi connectivity index (χ4n) is 5.68. The number of alkyl halides is 3. The van der Waals surface area contributed by atoms with E-state index in [0.717, 1.165) is 17.7 Å². The Bertz CT molecular complexity index is 2430. The predicted octanol–water partition coefficient (Wildman–Crippen LogP) is 7.71. The molecule has 0 saturated heterocycles. The molecule has 212 valence electrons. The van der Waals surface area contributed by atoms with E-state index in [2.05, 4.69) is 9.97 Å². The maximum absolute atomic E-state index is 13.7. The number of hydrogen-bond donors (Lipinski definition) is 0. The molecule has 7 aromatic rings. The van der Waals surface area contributed by atoms with E-state index in [1.807, 2.05) is 6.92 Å². The highest BCUT2D eigenvalue weighted by Crippen LogP contribution is 2.43. The van der Waals surface area contributed by atoms with Gasteiger partial charge in [-0.3, -0.25) is 19.2 Å². The second-order valence-electron chi connectivity index (χ2n) is 10.3. The molecule has 0 bridgehead atoms. The van der Waals surface area contributed by atoms with Crippen molar-refractivity contribution in [3.8, 4) is 21.1 Å². The number of aryl methyl sites for hydroxylation is 2. The summed E-state index contributed by atoms with van der Waals surface area (Å²) < 4.78 is 39.7. The van der Waals surface area contributed by atoms with Crippen molar-refractivity contribution in [3.05, 3.63) is 91.2 Å². The van der Waals surface area contributed by atoms with Gasteiger partial charge in [0, 0.05) is 43.8 Å². The van der Waals surface area contributed by atoms with Crippen molar-refractivity contribution in [1.82, 2.24) is 9.97 Å². The fraction of sp³-hybridized carbons (Fsp3) is 0.125. The molecule has 0 unspecified atom stereocenters. The van der Waals surface area contributed by atoms with Crippen LogP contribution in [0.1, 0.15) is 38.8 Å². The van der Waals surface area contributed by atoms with E-state index in [9.17, 15) is 32.3 Å². The van der Waals surface area contributed by atoms with Gasteiger partial charge in [-0.2, -0.15) is 13.2 Å². The molecule has 0 aliphatic rings. The number of hydrogen-bond acceptors (Lipinski definition) is 8. The summed E-state index contributed by atoms with van der Waals surface area (Å²) in [6.07, 6.45) is -4.98. The minimum atomic E-state index is -4.98. The van der Waals surface area contributed by atoms with Crippen LogP contribution in [-0.4, -0.2) is 27.7 Å². The summed E-state index contributed by atoms with van der Waals surface area (Å²) in [6.45, 7) is 5.10. The predicted molar refractivity (Wildman–Crippen MR) is 163 cm³/mol. The first kappa shape index (κ1) is 27.2. The average Bonchev–Trinajstić information content (AvgIpc) is 3.72. The van der Waals surface area contributed by atoms with E-state index < -0.39 is 17.5 Å². The normalized spacial score (nSPS) is 12.3. The minimum Gasteiger partial charge on any atom is -0.295 e. The molecule has 0 aliphatic heterocycles. The van der Waals surface area contributed by atoms with Gasteiger partial charge in [0.25, 0.3) is 5.78 Å². The number of ketones is 2. The minimum absolute atomic E-state index is 0.0487. The molecule has 5 aromatic carbocycles. The molecule has 0 aliphatic carbocycles. The van der Waals surface area contributed by atoms with Gasteiger partial charge in [-0.25, -0.2) is 9.97 Å². The first-order valence-electron chi connectivity index (χ1n) is 13.0. The number of rotatable bonds is 4. The molecule has 0 N–H and O–H groups in total. The first-order chi connectivity index (χ1) is 20.4. The van der Waals surface area contributed by atoms with Crippen molar-refractivity contribution in [2.45, 2.75) is 26.9 Å². The van der Waals surface area contributed by atoms with E-state index in [1.165, 1.54) is 41.7 Å². The van der Waals surface area contributed by atoms with Gasteiger partial charge in [-0.1, -0.05) is 48.5 Å². The van der Waals surface area contributed by atoms with Crippen molar-refractivity contribution in [3.63, 3.8) is 0 Å². The summed E-state index contributed by atoms with van der Waals surface area (Å²) in [6, 6.07) is 12.0. The molecule has 0 radical (unpaired) electrons. The maximum Gasteiger partial charge on any atom is 0.454 e. The van der Waals surface area contributed by atoms with Gasteiger partial charge in [0.15, 0.2) is 5.78 Å². The summed E-state index contributed by atoms with van der Waals surface area (Å²) in [5, 5.41) is 3.34. The number of carbonyl (C=O) groups is 2. The van der Waals surface area contributed by atoms with Crippen molar-refractivity contribution >= 4 is 76.2 Å². The summed E-state index contributed by atoms with van der Waals surface area (Å²) in [4.78, 5) is 59.8. The summed E-state index contributed by atoms with van der Waals surface area (Å²) >= 11 is 2.57. The van der Waals surface area contributed by atoms with Crippen LogP contribution in [0.3, 0.4) is 0 Å². The number of aromatic nitrogens is 2. The molecule has 2 aromatic heterocycles. The summed E-state index contributed by atoms with van der Waals surface area (Å²) in [7, 11) is 0. The van der Waals surface area contributed by atoms with Crippen LogP contribution >= 0.6 is 22.7 Å². The zero-order valence-corrected chi connectivity index (χ0v) is 24.2. The molecular weight excluding hydrogens is 597 g/mol. The quantitative estimate of drug-likeness (QED) is 0.189. The van der Waals surface area contributed by atoms with E-state index in [0.29, 0.717) is 68.7 Å². The molecule has 0 fully saturated rings. The number of benzene rings is 3. The highest BCUT2D eigenvalue weighted by atomic mass is 32.1. The number of thiazole rings is 2. The molecule has 0 spiro atoms. The van der Waals surface area contributed by atoms with Crippen molar-refractivity contribution < 1.29 is 22.8 Å². The third-order valence-electron chi connectivity index (χ3n) is 7.78. The van der Waals surface area contributed by atoms with E-state index in [-0.39, 0.29) is 22.2 Å². The molecule has 43 heavy (non-hydrogen) atoms. The van der Waals surface area contributed by atoms with Gasteiger partial charge in [0.2, 0.25) is 10.9 Å². The van der Waals surface area contributed by atoms with Crippen LogP contribution in [0.15, 0.2) is 58.1 Å². The van der Waals surface area contributed by atoms with Crippen LogP contribution in [-0.2, 0) is 0 Å². The van der Waals surface area contributed by atoms with Crippen LogP contribution in [0.2, 0.25) is 0 Å². The lowest BCUT2D eigenvalue weighted by Crippen LogP contribution is -2.22.